The van der Waals surface area contributed by atoms with Crippen molar-refractivity contribution in [2.45, 2.75) is 31.7 Å². The van der Waals surface area contributed by atoms with Gasteiger partial charge < -0.3 is 15.0 Å². The number of amides is 4. The number of imide groups is 1. The van der Waals surface area contributed by atoms with Crippen LogP contribution in [-0.2, 0) is 16.0 Å². The number of nitrogens with zero attached hydrogens (tertiary/aromatic N) is 3. The zero-order valence-electron chi connectivity index (χ0n) is 19.4. The lowest BCUT2D eigenvalue weighted by Gasteiger charge is -2.41. The molecule has 1 aromatic carbocycles. The van der Waals surface area contributed by atoms with E-state index in [4.69, 9.17) is 16.3 Å². The summed E-state index contributed by atoms with van der Waals surface area (Å²) in [4.78, 5) is 46.9. The summed E-state index contributed by atoms with van der Waals surface area (Å²) in [5.74, 6) is -0.535. The normalized spacial score (nSPS) is 21.1. The molecule has 2 saturated heterocycles. The van der Waals surface area contributed by atoms with E-state index in [0.717, 1.165) is 11.3 Å². The van der Waals surface area contributed by atoms with Crippen LogP contribution in [-0.4, -0.2) is 71.5 Å². The second-order valence-corrected chi connectivity index (χ2v) is 9.26. The fourth-order valence-corrected chi connectivity index (χ4v) is 5.12. The van der Waals surface area contributed by atoms with E-state index in [2.05, 4.69) is 10.3 Å². The van der Waals surface area contributed by atoms with Gasteiger partial charge in [0.05, 0.1) is 13.2 Å². The van der Waals surface area contributed by atoms with Crippen LogP contribution in [0.5, 0.6) is 0 Å². The van der Waals surface area contributed by atoms with Gasteiger partial charge in [-0.05, 0) is 49.4 Å². The van der Waals surface area contributed by atoms with Crippen LogP contribution >= 0.6 is 11.6 Å². The number of halogens is 1. The Bertz CT molecular complexity index is 1090. The van der Waals surface area contributed by atoms with Gasteiger partial charge >= 0.3 is 6.03 Å². The highest BCUT2D eigenvalue weighted by molar-refractivity contribution is 6.31. The van der Waals surface area contributed by atoms with Crippen molar-refractivity contribution in [2.24, 2.45) is 5.92 Å². The lowest BCUT2D eigenvalue weighted by molar-refractivity contribution is -0.134. The minimum Gasteiger partial charge on any atom is -0.383 e. The summed E-state index contributed by atoms with van der Waals surface area (Å²) < 4.78 is 5.10. The highest BCUT2D eigenvalue weighted by Crippen LogP contribution is 2.38. The van der Waals surface area contributed by atoms with Gasteiger partial charge in [-0.25, -0.2) is 9.78 Å². The van der Waals surface area contributed by atoms with E-state index in [1.807, 2.05) is 37.3 Å². The number of hydrogen-bond acceptors (Lipinski definition) is 5. The van der Waals surface area contributed by atoms with E-state index in [9.17, 15) is 14.4 Å². The molecule has 0 radical (unpaired) electrons. The van der Waals surface area contributed by atoms with Gasteiger partial charge in [0.15, 0.2) is 0 Å². The van der Waals surface area contributed by atoms with E-state index in [1.165, 1.54) is 12.0 Å². The lowest BCUT2D eigenvalue weighted by atomic mass is 9.74. The summed E-state index contributed by atoms with van der Waals surface area (Å²) in [6, 6.07) is 12.3. The molecule has 4 amide bonds. The van der Waals surface area contributed by atoms with Crippen LogP contribution in [0.3, 0.4) is 0 Å². The molecule has 0 saturated carbocycles. The molecule has 1 N–H and O–H groups in total. The van der Waals surface area contributed by atoms with Crippen molar-refractivity contribution in [1.29, 1.82) is 0 Å². The summed E-state index contributed by atoms with van der Waals surface area (Å²) in [5, 5.41) is 3.57. The van der Waals surface area contributed by atoms with Crippen molar-refractivity contribution in [2.75, 3.05) is 33.4 Å². The molecule has 2 aromatic rings. The van der Waals surface area contributed by atoms with Crippen LogP contribution < -0.4 is 5.32 Å². The molecule has 4 rings (SSSR count). The first-order valence-electron chi connectivity index (χ1n) is 11.4. The highest BCUT2D eigenvalue weighted by atomic mass is 35.5. The molecule has 2 fully saturated rings. The van der Waals surface area contributed by atoms with Crippen molar-refractivity contribution in [3.8, 4) is 0 Å². The Hall–Kier alpha value is -2.97. The molecule has 0 aliphatic carbocycles. The predicted molar refractivity (Wildman–Crippen MR) is 128 cm³/mol. The van der Waals surface area contributed by atoms with E-state index < -0.39 is 11.6 Å². The van der Waals surface area contributed by atoms with Crippen LogP contribution in [0.2, 0.25) is 5.02 Å². The Morgan fingerprint density at radius 3 is 2.59 bits per heavy atom. The predicted octanol–water partition coefficient (Wildman–Crippen LogP) is 3.08. The van der Waals surface area contributed by atoms with Crippen molar-refractivity contribution < 1.29 is 19.1 Å². The zero-order chi connectivity index (χ0) is 24.3. The van der Waals surface area contributed by atoms with E-state index in [0.29, 0.717) is 43.1 Å². The van der Waals surface area contributed by atoms with Gasteiger partial charge in [-0.1, -0.05) is 35.9 Å². The Kier molecular flexibility index (Phi) is 7.19. The largest absolute Gasteiger partial charge is 0.383 e. The minimum absolute atomic E-state index is 0.120. The third kappa shape index (κ3) is 4.65. The molecule has 180 valence electrons. The molecular formula is C25H29ClN4O4. The van der Waals surface area contributed by atoms with Crippen molar-refractivity contribution in [3.05, 3.63) is 64.4 Å². The number of pyridine rings is 1. The Balaban J connectivity index is 1.57. The summed E-state index contributed by atoms with van der Waals surface area (Å²) in [5.41, 5.74) is 0.885. The van der Waals surface area contributed by atoms with Gasteiger partial charge in [0.1, 0.15) is 11.2 Å². The molecule has 1 aromatic heterocycles. The van der Waals surface area contributed by atoms with Gasteiger partial charge in [0, 0.05) is 37.3 Å². The SMILES string of the molecule is COCCN1C(=O)NC(Cc2ccccc2Cl)(C2CCN(C(=O)c3cccc(C)n3)CC2)C1=O. The van der Waals surface area contributed by atoms with Gasteiger partial charge in [-0.2, -0.15) is 0 Å². The Labute approximate surface area is 204 Å². The number of aryl methyl sites for hydroxylation is 1. The second kappa shape index (κ2) is 10.1. The lowest BCUT2D eigenvalue weighted by Crippen LogP contribution is -2.58. The fourth-order valence-electron chi connectivity index (χ4n) is 4.91. The fraction of sp³-hybridized carbons (Fsp3) is 0.440. The number of carbonyl (C=O) groups is 3. The number of methoxy groups -OCH3 is 1. The Morgan fingerprint density at radius 1 is 1.18 bits per heavy atom. The van der Waals surface area contributed by atoms with Crippen molar-refractivity contribution >= 4 is 29.4 Å². The molecule has 3 heterocycles. The maximum Gasteiger partial charge on any atom is 0.325 e. The molecule has 0 spiro atoms. The third-order valence-corrected chi connectivity index (χ3v) is 7.10. The number of hydrogen-bond donors (Lipinski definition) is 1. The standard InChI is InChI=1S/C25H29ClN4O4/c1-17-6-5-9-21(27-17)22(31)29-12-10-19(11-13-29)25(16-18-7-3-4-8-20(18)26)23(32)30(14-15-34-2)24(33)28-25/h3-9,19H,10-16H2,1-2H3,(H,28,33). The van der Waals surface area contributed by atoms with Gasteiger partial charge in [-0.15, -0.1) is 0 Å². The first-order valence-corrected chi connectivity index (χ1v) is 11.8. The first kappa shape index (κ1) is 24.2. The molecule has 8 nitrogen and oxygen atoms in total. The second-order valence-electron chi connectivity index (χ2n) is 8.85. The average Bonchev–Trinajstić information content (AvgIpc) is 3.08. The van der Waals surface area contributed by atoms with Crippen LogP contribution in [0, 0.1) is 12.8 Å². The minimum atomic E-state index is -1.12. The molecule has 9 heteroatoms. The number of likely N-dealkylation sites (tertiary alicyclic amines) is 1. The summed E-state index contributed by atoms with van der Waals surface area (Å²) in [6.45, 7) is 3.25. The number of piperidine rings is 1. The van der Waals surface area contributed by atoms with E-state index >= 15 is 0 Å². The van der Waals surface area contributed by atoms with Crippen molar-refractivity contribution in [3.63, 3.8) is 0 Å². The number of urea groups is 1. The number of aromatic nitrogens is 1. The smallest absolute Gasteiger partial charge is 0.325 e. The van der Waals surface area contributed by atoms with Gasteiger partial charge in [0.25, 0.3) is 11.8 Å². The summed E-state index contributed by atoms with van der Waals surface area (Å²) in [6.07, 6.45) is 1.44. The maximum atomic E-state index is 13.7. The van der Waals surface area contributed by atoms with Crippen LogP contribution in [0.25, 0.3) is 0 Å². The highest BCUT2D eigenvalue weighted by Gasteiger charge is 2.56. The van der Waals surface area contributed by atoms with Crippen LogP contribution in [0.4, 0.5) is 4.79 Å². The summed E-state index contributed by atoms with van der Waals surface area (Å²) in [7, 11) is 1.53. The van der Waals surface area contributed by atoms with Crippen LogP contribution in [0.15, 0.2) is 42.5 Å². The molecule has 0 bridgehead atoms. The van der Waals surface area contributed by atoms with Gasteiger partial charge in [0.2, 0.25) is 0 Å². The molecule has 1 unspecified atom stereocenters. The maximum absolute atomic E-state index is 13.7. The quantitative estimate of drug-likeness (QED) is 0.610. The molecule has 2 aliphatic heterocycles. The number of nitrogens with one attached hydrogen (secondary N) is 1. The molecular weight excluding hydrogens is 456 g/mol. The zero-order valence-corrected chi connectivity index (χ0v) is 20.2. The van der Waals surface area contributed by atoms with E-state index in [-0.39, 0.29) is 30.9 Å². The Morgan fingerprint density at radius 2 is 1.91 bits per heavy atom. The monoisotopic (exact) mass is 484 g/mol. The van der Waals surface area contributed by atoms with Crippen molar-refractivity contribution in [1.82, 2.24) is 20.1 Å². The topological polar surface area (TPSA) is 91.8 Å². The number of benzene rings is 1. The van der Waals surface area contributed by atoms with Gasteiger partial charge in [-0.3, -0.25) is 14.5 Å². The number of ether oxygens (including phenoxy) is 1. The number of rotatable bonds is 7. The number of carbonyl (C=O) groups excluding carboxylic acids is 3. The van der Waals surface area contributed by atoms with Crippen LogP contribution in [0.1, 0.15) is 34.6 Å². The molecule has 34 heavy (non-hydrogen) atoms. The summed E-state index contributed by atoms with van der Waals surface area (Å²) >= 11 is 6.44. The van der Waals surface area contributed by atoms with E-state index in [1.54, 1.807) is 17.0 Å². The molecule has 2 aliphatic rings. The first-order chi connectivity index (χ1) is 16.4. The third-order valence-electron chi connectivity index (χ3n) is 6.73. The average molecular weight is 485 g/mol. The molecule has 1 atom stereocenters.